The van der Waals surface area contributed by atoms with Gasteiger partial charge >= 0.3 is 53.9 Å². The molecule has 1 N–H and O–H groups in total. The summed E-state index contributed by atoms with van der Waals surface area (Å²) in [5.41, 5.74) is -7.57. The van der Waals surface area contributed by atoms with E-state index in [9.17, 15) is 88.2 Å². The van der Waals surface area contributed by atoms with Crippen molar-refractivity contribution in [2.45, 2.75) is 73.7 Å². The Morgan fingerprint density at radius 3 is 1.54 bits per heavy atom. The van der Waals surface area contributed by atoms with Crippen LogP contribution in [0.2, 0.25) is 0 Å². The van der Waals surface area contributed by atoms with E-state index in [1.807, 2.05) is 0 Å². The maximum Gasteiger partial charge on any atom is 0.469 e. The van der Waals surface area contributed by atoms with Gasteiger partial charge in [-0.2, -0.15) is 70.2 Å². The van der Waals surface area contributed by atoms with Gasteiger partial charge in [-0.15, -0.1) is 0 Å². The molecule has 2 atom stereocenters. The van der Waals surface area contributed by atoms with E-state index in [0.29, 0.717) is 5.32 Å². The first-order chi connectivity index (χ1) is 16.0. The Balaban J connectivity index is 4.21. The Morgan fingerprint density at radius 2 is 1.19 bits per heavy atom. The van der Waals surface area contributed by atoms with Crippen molar-refractivity contribution in [2.24, 2.45) is 5.92 Å². The third-order valence-electron chi connectivity index (χ3n) is 5.08. The third-order valence-corrected chi connectivity index (χ3v) is 5.08. The first kappa shape index (κ1) is 33.1. The molecular formula is C15H11F19N2O. The lowest BCUT2D eigenvalue weighted by Gasteiger charge is -2.44. The van der Waals surface area contributed by atoms with Gasteiger partial charge in [0.2, 0.25) is 0 Å². The molecule has 1 aliphatic rings. The monoisotopic (exact) mass is 596 g/mol. The lowest BCUT2D eigenvalue weighted by molar-refractivity contribution is -0.466. The molecule has 1 aliphatic heterocycles. The molecule has 22 heteroatoms. The first-order valence-electron chi connectivity index (χ1n) is 9.14. The number of alkyl halides is 19. The van der Waals surface area contributed by atoms with Crippen LogP contribution in [-0.2, 0) is 4.79 Å². The lowest BCUT2D eigenvalue weighted by Crippen LogP contribution is -2.74. The molecule has 0 aromatic carbocycles. The largest absolute Gasteiger partial charge is 0.469 e. The Bertz CT molecular complexity index is 863. The number of carbonyl (C=O) groups excluding carboxylic acids is 1. The number of rotatable bonds is 6. The van der Waals surface area contributed by atoms with Gasteiger partial charge in [0.1, 0.15) is 0 Å². The summed E-state index contributed by atoms with van der Waals surface area (Å²) in [6.45, 7) is -0.0759. The molecule has 0 saturated carbocycles. The van der Waals surface area contributed by atoms with E-state index in [0.717, 1.165) is 0 Å². The summed E-state index contributed by atoms with van der Waals surface area (Å²) in [5, 5.41) is 0.620. The highest BCUT2D eigenvalue weighted by Crippen LogP contribution is 2.69. The fourth-order valence-corrected chi connectivity index (χ4v) is 3.19. The number of hydrogen-bond acceptors (Lipinski definition) is 2. The van der Waals surface area contributed by atoms with Crippen LogP contribution >= 0.6 is 0 Å². The number of nitrogens with zero attached hydrogens (tertiary/aromatic N) is 1. The number of halogens is 19. The number of amides is 1. The molecule has 0 aliphatic carbocycles. The van der Waals surface area contributed by atoms with E-state index in [1.165, 1.54) is 6.92 Å². The smallest absolute Gasteiger partial charge is 0.353 e. The van der Waals surface area contributed by atoms with Crippen LogP contribution < -0.4 is 5.32 Å². The van der Waals surface area contributed by atoms with E-state index in [1.54, 1.807) is 0 Å². The minimum absolute atomic E-state index is 0.137. The van der Waals surface area contributed by atoms with Crippen LogP contribution in [0.15, 0.2) is 0 Å². The van der Waals surface area contributed by atoms with Gasteiger partial charge in [0.25, 0.3) is 5.91 Å². The number of unbranched alkanes of at least 4 members (excludes halogenated alkanes) is 1. The van der Waals surface area contributed by atoms with E-state index in [2.05, 4.69) is 0 Å². The standard InChI is InChI=1S/C15H11F19N2O/c1-2-3-4-35-6(37)7(16,12(25,26)27)8(17,18)5-9(19,20)11(23,24)14(30,31)36(15(32,33)34)13(28,29)10(5,21)22/h5H,2-4H2,1H3,(H,35,37). The van der Waals surface area contributed by atoms with Crippen molar-refractivity contribution in [3.05, 3.63) is 0 Å². The molecule has 0 bridgehead atoms. The number of likely N-dealkylation sites (tertiary alicyclic amines) is 1. The highest BCUT2D eigenvalue weighted by molar-refractivity contribution is 5.87. The SMILES string of the molecule is CCCCNC(=O)C(F)(C(F)(F)F)C(F)(F)C1C(F)(F)C(F)(F)N(C(F)(F)F)C(F)(F)C(F)(F)C1(F)F. The highest BCUT2D eigenvalue weighted by atomic mass is 19.4. The Kier molecular flexibility index (Phi) is 7.89. The van der Waals surface area contributed by atoms with Crippen LogP contribution in [0.4, 0.5) is 83.4 Å². The van der Waals surface area contributed by atoms with Crippen molar-refractivity contribution in [1.29, 1.82) is 0 Å². The van der Waals surface area contributed by atoms with Crippen LogP contribution in [0.1, 0.15) is 19.8 Å². The topological polar surface area (TPSA) is 32.3 Å². The number of nitrogens with one attached hydrogen (secondary N) is 1. The zero-order chi connectivity index (χ0) is 30.1. The summed E-state index contributed by atoms with van der Waals surface area (Å²) in [6.07, 6.45) is -16.2. The predicted molar refractivity (Wildman–Crippen MR) is 78.9 cm³/mol. The average molecular weight is 596 g/mol. The maximum absolute atomic E-state index is 14.7. The van der Waals surface area contributed by atoms with Crippen LogP contribution in [0.3, 0.4) is 0 Å². The summed E-state index contributed by atoms with van der Waals surface area (Å²) in [5.74, 6) is -44.7. The third kappa shape index (κ3) is 4.33. The van der Waals surface area contributed by atoms with Gasteiger partial charge in [0, 0.05) is 6.54 Å². The fraction of sp³-hybridized carbons (Fsp3) is 0.933. The van der Waals surface area contributed by atoms with Crippen molar-refractivity contribution in [3.63, 3.8) is 0 Å². The molecule has 1 rings (SSSR count). The molecule has 1 amide bonds. The molecule has 1 saturated heterocycles. The van der Waals surface area contributed by atoms with E-state index in [4.69, 9.17) is 0 Å². The molecule has 1 heterocycles. The van der Waals surface area contributed by atoms with Crippen LogP contribution in [-0.4, -0.2) is 71.3 Å². The van der Waals surface area contributed by atoms with Crippen molar-refractivity contribution in [3.8, 4) is 0 Å². The van der Waals surface area contributed by atoms with E-state index >= 15 is 0 Å². The van der Waals surface area contributed by atoms with Crippen LogP contribution in [0, 0.1) is 5.92 Å². The van der Waals surface area contributed by atoms with Crippen LogP contribution in [0.25, 0.3) is 0 Å². The molecule has 0 radical (unpaired) electrons. The molecule has 3 nitrogen and oxygen atoms in total. The van der Waals surface area contributed by atoms with Crippen molar-refractivity contribution in [1.82, 2.24) is 10.2 Å². The summed E-state index contributed by atoms with van der Waals surface area (Å²) < 4.78 is 262. The predicted octanol–water partition coefficient (Wildman–Crippen LogP) is 6.35. The fourth-order valence-electron chi connectivity index (χ4n) is 3.19. The molecule has 1 fully saturated rings. The molecular weight excluding hydrogens is 585 g/mol. The molecule has 0 spiro atoms. The van der Waals surface area contributed by atoms with Crippen molar-refractivity contribution < 1.29 is 88.2 Å². The second-order valence-corrected chi connectivity index (χ2v) is 7.53. The lowest BCUT2D eigenvalue weighted by atomic mass is 9.76. The summed E-state index contributed by atoms with van der Waals surface area (Å²) >= 11 is 0. The summed E-state index contributed by atoms with van der Waals surface area (Å²) in [7, 11) is 0. The number of hydrogen-bond donors (Lipinski definition) is 1. The zero-order valence-corrected chi connectivity index (χ0v) is 17.2. The highest BCUT2D eigenvalue weighted by Gasteiger charge is 2.97. The second kappa shape index (κ2) is 8.82. The van der Waals surface area contributed by atoms with Gasteiger partial charge < -0.3 is 5.32 Å². The Labute approximate surface area is 191 Å². The van der Waals surface area contributed by atoms with E-state index < -0.39 is 83.6 Å². The Morgan fingerprint density at radius 1 is 0.757 bits per heavy atom. The average Bonchev–Trinajstić information content (AvgIpc) is 2.64. The molecule has 0 aromatic rings. The van der Waals surface area contributed by atoms with Crippen molar-refractivity contribution in [2.75, 3.05) is 6.54 Å². The molecule has 0 aromatic heterocycles. The normalized spacial score (nSPS) is 27.2. The van der Waals surface area contributed by atoms with Gasteiger partial charge in [0.05, 0.1) is 0 Å². The van der Waals surface area contributed by atoms with E-state index in [-0.39, 0.29) is 6.42 Å². The quantitative estimate of drug-likeness (QED) is 0.220. The first-order valence-corrected chi connectivity index (χ1v) is 9.14. The minimum Gasteiger partial charge on any atom is -0.353 e. The van der Waals surface area contributed by atoms with Crippen molar-refractivity contribution >= 4 is 5.91 Å². The summed E-state index contributed by atoms with van der Waals surface area (Å²) in [4.78, 5) is 7.00. The summed E-state index contributed by atoms with van der Waals surface area (Å²) in [6, 6.07) is -16.6. The molecule has 37 heavy (non-hydrogen) atoms. The van der Waals surface area contributed by atoms with Gasteiger partial charge in [-0.3, -0.25) is 4.79 Å². The van der Waals surface area contributed by atoms with Gasteiger partial charge in [-0.25, -0.2) is 13.2 Å². The Hall–Kier alpha value is -1.90. The van der Waals surface area contributed by atoms with Gasteiger partial charge in [-0.1, -0.05) is 18.2 Å². The van der Waals surface area contributed by atoms with Gasteiger partial charge in [0.15, 0.2) is 5.92 Å². The molecule has 220 valence electrons. The number of carbonyl (C=O) groups is 1. The zero-order valence-electron chi connectivity index (χ0n) is 17.2. The molecule has 2 unspecified atom stereocenters. The van der Waals surface area contributed by atoms with Crippen LogP contribution in [0.5, 0.6) is 0 Å². The van der Waals surface area contributed by atoms with Gasteiger partial charge in [-0.05, 0) is 6.42 Å². The minimum atomic E-state index is -8.42. The maximum atomic E-state index is 14.7. The second-order valence-electron chi connectivity index (χ2n) is 7.53.